The summed E-state index contributed by atoms with van der Waals surface area (Å²) in [7, 11) is -3.58. The summed E-state index contributed by atoms with van der Waals surface area (Å²) in [6.45, 7) is 2.41. The largest absolute Gasteiger partial charge is 0.396 e. The van der Waals surface area contributed by atoms with Crippen LogP contribution in [0.5, 0.6) is 0 Å². The number of sulfonamides is 1. The van der Waals surface area contributed by atoms with E-state index in [1.807, 2.05) is 0 Å². The highest BCUT2D eigenvalue weighted by atomic mass is 32.2. The molecule has 21 heavy (non-hydrogen) atoms. The number of hydrogen-bond acceptors (Lipinski definition) is 4. The fourth-order valence-electron chi connectivity index (χ4n) is 2.38. The maximum Gasteiger partial charge on any atom is 0.240 e. The first-order chi connectivity index (χ1) is 9.95. The van der Waals surface area contributed by atoms with Crippen LogP contribution in [0.3, 0.4) is 0 Å². The van der Waals surface area contributed by atoms with E-state index in [0.717, 1.165) is 12.0 Å². The zero-order chi connectivity index (χ0) is 15.5. The lowest BCUT2D eigenvalue weighted by atomic mass is 10.2. The molecule has 0 saturated carbocycles. The predicted molar refractivity (Wildman–Crippen MR) is 79.7 cm³/mol. The van der Waals surface area contributed by atoms with Crippen LogP contribution in [0.2, 0.25) is 0 Å². The number of unbranched alkanes of at least 4 members (excludes halogenated alkanes) is 1. The summed E-state index contributed by atoms with van der Waals surface area (Å²) in [4.78, 5) is 13.3. The Hall–Kier alpha value is -1.44. The van der Waals surface area contributed by atoms with Gasteiger partial charge in [0.2, 0.25) is 15.9 Å². The van der Waals surface area contributed by atoms with Crippen molar-refractivity contribution in [1.29, 1.82) is 0 Å². The molecule has 0 aliphatic carbocycles. The predicted octanol–water partition coefficient (Wildman–Crippen LogP) is 0.646. The molecule has 0 radical (unpaired) electrons. The Morgan fingerprint density at radius 1 is 1.38 bits per heavy atom. The van der Waals surface area contributed by atoms with Gasteiger partial charge in [-0.2, -0.15) is 0 Å². The summed E-state index contributed by atoms with van der Waals surface area (Å²) in [5.74, 6) is -0.0841. The second kappa shape index (κ2) is 6.55. The van der Waals surface area contributed by atoms with E-state index in [0.29, 0.717) is 25.1 Å². The Morgan fingerprint density at radius 3 is 2.81 bits per heavy atom. The van der Waals surface area contributed by atoms with Crippen molar-refractivity contribution in [2.75, 3.05) is 24.6 Å². The van der Waals surface area contributed by atoms with Gasteiger partial charge in [0, 0.05) is 32.3 Å². The van der Waals surface area contributed by atoms with Crippen molar-refractivity contribution in [3.8, 4) is 0 Å². The molecule has 0 unspecified atom stereocenters. The summed E-state index contributed by atoms with van der Waals surface area (Å²) in [5, 5.41) is 8.68. The number of aliphatic hydroxyl groups is 1. The number of nitrogens with one attached hydrogen (secondary N) is 1. The minimum atomic E-state index is -3.58. The molecule has 1 amide bonds. The van der Waals surface area contributed by atoms with E-state index in [1.54, 1.807) is 23.1 Å². The number of carbonyl (C=O) groups is 1. The Morgan fingerprint density at radius 2 is 2.14 bits per heavy atom. The van der Waals surface area contributed by atoms with Gasteiger partial charge in [0.1, 0.15) is 0 Å². The zero-order valence-corrected chi connectivity index (χ0v) is 12.8. The summed E-state index contributed by atoms with van der Waals surface area (Å²) < 4.78 is 26.9. The summed E-state index contributed by atoms with van der Waals surface area (Å²) in [6.07, 6.45) is 1.89. The van der Waals surface area contributed by atoms with E-state index >= 15 is 0 Å². The van der Waals surface area contributed by atoms with Gasteiger partial charge in [-0.1, -0.05) is 6.07 Å². The second-order valence-corrected chi connectivity index (χ2v) is 6.81. The molecule has 1 aliphatic rings. The van der Waals surface area contributed by atoms with Crippen LogP contribution in [0.15, 0.2) is 23.1 Å². The van der Waals surface area contributed by atoms with Crippen LogP contribution in [0.1, 0.15) is 25.3 Å². The van der Waals surface area contributed by atoms with Gasteiger partial charge in [-0.05, 0) is 37.0 Å². The molecule has 0 fully saturated rings. The van der Waals surface area contributed by atoms with Gasteiger partial charge in [-0.3, -0.25) is 4.79 Å². The monoisotopic (exact) mass is 312 g/mol. The summed E-state index contributed by atoms with van der Waals surface area (Å²) >= 11 is 0. The maximum atomic E-state index is 12.2. The van der Waals surface area contributed by atoms with Gasteiger partial charge >= 0.3 is 0 Å². The molecule has 1 aromatic carbocycles. The third-order valence-electron chi connectivity index (χ3n) is 3.52. The Labute approximate surface area is 124 Å². The van der Waals surface area contributed by atoms with Crippen LogP contribution in [0.25, 0.3) is 0 Å². The smallest absolute Gasteiger partial charge is 0.240 e. The topological polar surface area (TPSA) is 86.7 Å². The highest BCUT2D eigenvalue weighted by Crippen LogP contribution is 2.30. The van der Waals surface area contributed by atoms with Crippen molar-refractivity contribution < 1.29 is 18.3 Å². The summed E-state index contributed by atoms with van der Waals surface area (Å²) in [5.41, 5.74) is 1.67. The molecule has 116 valence electrons. The second-order valence-electron chi connectivity index (χ2n) is 5.04. The van der Waals surface area contributed by atoms with Crippen LogP contribution in [-0.4, -0.2) is 39.1 Å². The number of rotatable bonds is 6. The molecule has 1 aromatic rings. The van der Waals surface area contributed by atoms with Crippen LogP contribution in [-0.2, 0) is 21.2 Å². The summed E-state index contributed by atoms with van der Waals surface area (Å²) in [6, 6.07) is 4.88. The first-order valence-corrected chi connectivity index (χ1v) is 8.45. The van der Waals surface area contributed by atoms with E-state index in [4.69, 9.17) is 5.11 Å². The van der Waals surface area contributed by atoms with Gasteiger partial charge in [-0.25, -0.2) is 13.1 Å². The van der Waals surface area contributed by atoms with Gasteiger partial charge in [0.15, 0.2) is 0 Å². The van der Waals surface area contributed by atoms with E-state index in [-0.39, 0.29) is 24.0 Å². The van der Waals surface area contributed by atoms with Crippen molar-refractivity contribution >= 4 is 21.6 Å². The van der Waals surface area contributed by atoms with E-state index in [1.165, 1.54) is 6.92 Å². The van der Waals surface area contributed by atoms with Crippen molar-refractivity contribution in [3.63, 3.8) is 0 Å². The molecule has 2 N–H and O–H groups in total. The highest BCUT2D eigenvalue weighted by Gasteiger charge is 2.24. The Bertz CT molecular complexity index is 628. The van der Waals surface area contributed by atoms with Gasteiger partial charge in [0.25, 0.3) is 0 Å². The molecule has 1 aliphatic heterocycles. The molecule has 0 bridgehead atoms. The molecule has 0 atom stereocenters. The van der Waals surface area contributed by atoms with E-state index in [2.05, 4.69) is 4.72 Å². The molecule has 7 heteroatoms. The zero-order valence-electron chi connectivity index (χ0n) is 12.0. The molecule has 6 nitrogen and oxygen atoms in total. The molecule has 0 aromatic heterocycles. The first-order valence-electron chi connectivity index (χ1n) is 6.97. The number of anilines is 1. The minimum absolute atomic E-state index is 0.0497. The third kappa shape index (κ3) is 3.61. The number of fused-ring (bicyclic) bond motifs is 1. The van der Waals surface area contributed by atoms with E-state index in [9.17, 15) is 13.2 Å². The van der Waals surface area contributed by atoms with Gasteiger partial charge in [0.05, 0.1) is 4.90 Å². The normalized spacial score (nSPS) is 14.3. The van der Waals surface area contributed by atoms with Gasteiger partial charge < -0.3 is 10.0 Å². The SMILES string of the molecule is CC(=O)N1CCc2ccc(S(=O)(=O)NCCCCO)cc21. The van der Waals surface area contributed by atoms with Crippen LogP contribution in [0.4, 0.5) is 5.69 Å². The molecule has 2 rings (SSSR count). The lowest BCUT2D eigenvalue weighted by Gasteiger charge is -2.15. The minimum Gasteiger partial charge on any atom is -0.396 e. The lowest BCUT2D eigenvalue weighted by molar-refractivity contribution is -0.116. The number of benzene rings is 1. The lowest BCUT2D eigenvalue weighted by Crippen LogP contribution is -2.27. The quantitative estimate of drug-likeness (QED) is 0.755. The molecule has 1 heterocycles. The number of carbonyl (C=O) groups excluding carboxylic acids is 1. The number of hydrogen-bond donors (Lipinski definition) is 2. The third-order valence-corrected chi connectivity index (χ3v) is 4.98. The standard InChI is InChI=1S/C14H20N2O4S/c1-11(18)16-8-6-12-4-5-13(10-14(12)16)21(19,20)15-7-2-3-9-17/h4-5,10,15,17H,2-3,6-9H2,1H3. The molecular formula is C14H20N2O4S. The van der Waals surface area contributed by atoms with Crippen LogP contribution >= 0.6 is 0 Å². The average molecular weight is 312 g/mol. The fourth-order valence-corrected chi connectivity index (χ4v) is 3.47. The van der Waals surface area contributed by atoms with Gasteiger partial charge in [-0.15, -0.1) is 0 Å². The molecule has 0 saturated heterocycles. The Balaban J connectivity index is 2.18. The number of nitrogens with zero attached hydrogens (tertiary/aromatic N) is 1. The van der Waals surface area contributed by atoms with Crippen molar-refractivity contribution in [1.82, 2.24) is 4.72 Å². The van der Waals surface area contributed by atoms with Crippen LogP contribution < -0.4 is 9.62 Å². The fraction of sp³-hybridized carbons (Fsp3) is 0.500. The molecular weight excluding hydrogens is 292 g/mol. The number of amides is 1. The Kier molecular flexibility index (Phi) is 4.97. The highest BCUT2D eigenvalue weighted by molar-refractivity contribution is 7.89. The first kappa shape index (κ1) is 15.9. The number of aliphatic hydroxyl groups excluding tert-OH is 1. The van der Waals surface area contributed by atoms with Crippen molar-refractivity contribution in [3.05, 3.63) is 23.8 Å². The van der Waals surface area contributed by atoms with E-state index < -0.39 is 10.0 Å². The molecule has 0 spiro atoms. The van der Waals surface area contributed by atoms with Crippen LogP contribution in [0, 0.1) is 0 Å². The maximum absolute atomic E-state index is 12.2. The average Bonchev–Trinajstić information content (AvgIpc) is 2.86. The van der Waals surface area contributed by atoms with Crippen molar-refractivity contribution in [2.24, 2.45) is 0 Å². The van der Waals surface area contributed by atoms with Crippen molar-refractivity contribution in [2.45, 2.75) is 31.1 Å².